The zero-order valence-corrected chi connectivity index (χ0v) is 10.2. The number of para-hydroxylation sites is 2. The van der Waals surface area contributed by atoms with E-state index in [1.807, 2.05) is 45.0 Å². The highest BCUT2D eigenvalue weighted by molar-refractivity contribution is 5.80. The van der Waals surface area contributed by atoms with Gasteiger partial charge in [-0.15, -0.1) is 0 Å². The number of nitrogens with zero attached hydrogens (tertiary/aromatic N) is 2. The number of carbonyl (C=O) groups is 1. The number of fused-ring (bicyclic) bond motifs is 1. The van der Waals surface area contributed by atoms with Crippen LogP contribution in [0, 0.1) is 5.41 Å². The van der Waals surface area contributed by atoms with Crippen molar-refractivity contribution in [3.8, 4) is 0 Å². The lowest BCUT2D eigenvalue weighted by atomic mass is 9.86. The molecule has 1 N–H and O–H groups in total. The lowest BCUT2D eigenvalue weighted by Crippen LogP contribution is -2.31. The van der Waals surface area contributed by atoms with E-state index in [-0.39, 0.29) is 5.41 Å². The Bertz CT molecular complexity index is 552. The van der Waals surface area contributed by atoms with Crippen molar-refractivity contribution in [1.82, 2.24) is 9.55 Å². The summed E-state index contributed by atoms with van der Waals surface area (Å²) < 4.78 is 1.73. The van der Waals surface area contributed by atoms with E-state index in [0.29, 0.717) is 0 Å². The Morgan fingerprint density at radius 1 is 1.35 bits per heavy atom. The number of imidazole rings is 1. The van der Waals surface area contributed by atoms with Crippen molar-refractivity contribution in [3.05, 3.63) is 30.6 Å². The number of aliphatic carboxylic acids is 1. The molecule has 0 aliphatic carbocycles. The van der Waals surface area contributed by atoms with Crippen LogP contribution in [0.1, 0.15) is 26.8 Å². The molecule has 2 aromatic rings. The molecule has 17 heavy (non-hydrogen) atoms. The van der Waals surface area contributed by atoms with Gasteiger partial charge in [0.25, 0.3) is 0 Å². The zero-order valence-electron chi connectivity index (χ0n) is 10.2. The van der Waals surface area contributed by atoms with Gasteiger partial charge in [0.2, 0.25) is 0 Å². The average Bonchev–Trinajstić information content (AvgIpc) is 2.60. The number of benzene rings is 1. The molecular formula is C13H16N2O2. The first-order valence-corrected chi connectivity index (χ1v) is 5.55. The molecule has 1 unspecified atom stereocenters. The number of aromatic nitrogens is 2. The van der Waals surface area contributed by atoms with Crippen LogP contribution >= 0.6 is 0 Å². The molecule has 0 bridgehead atoms. The monoisotopic (exact) mass is 232 g/mol. The Labute approximate surface area is 99.9 Å². The SMILES string of the molecule is CC(C)(C)C(C(=O)O)n1cnc2ccccc21. The van der Waals surface area contributed by atoms with Crippen LogP contribution in [0.15, 0.2) is 30.6 Å². The van der Waals surface area contributed by atoms with E-state index in [2.05, 4.69) is 4.98 Å². The first-order chi connectivity index (χ1) is 7.91. The molecule has 1 heterocycles. The zero-order chi connectivity index (χ0) is 12.6. The standard InChI is InChI=1S/C13H16N2O2/c1-13(2,3)11(12(16)17)15-8-14-9-6-4-5-7-10(9)15/h4-8,11H,1-3H3,(H,16,17). The summed E-state index contributed by atoms with van der Waals surface area (Å²) >= 11 is 0. The largest absolute Gasteiger partial charge is 0.480 e. The van der Waals surface area contributed by atoms with Crippen LogP contribution in [0.4, 0.5) is 0 Å². The number of rotatable bonds is 2. The molecule has 0 spiro atoms. The van der Waals surface area contributed by atoms with Gasteiger partial charge >= 0.3 is 5.97 Å². The molecule has 1 atom stereocenters. The molecular weight excluding hydrogens is 216 g/mol. The maximum Gasteiger partial charge on any atom is 0.327 e. The molecule has 0 saturated carbocycles. The summed E-state index contributed by atoms with van der Waals surface area (Å²) in [6.45, 7) is 5.75. The van der Waals surface area contributed by atoms with Crippen LogP contribution in [-0.4, -0.2) is 20.6 Å². The predicted molar refractivity (Wildman–Crippen MR) is 65.9 cm³/mol. The van der Waals surface area contributed by atoms with E-state index in [0.717, 1.165) is 11.0 Å². The molecule has 2 rings (SSSR count). The Morgan fingerprint density at radius 2 is 2.00 bits per heavy atom. The van der Waals surface area contributed by atoms with Crippen LogP contribution in [0.3, 0.4) is 0 Å². The van der Waals surface area contributed by atoms with Crippen molar-refractivity contribution >= 4 is 17.0 Å². The predicted octanol–water partition coefficient (Wildman–Crippen LogP) is 2.71. The van der Waals surface area contributed by atoms with E-state index < -0.39 is 12.0 Å². The van der Waals surface area contributed by atoms with Crippen molar-refractivity contribution in [1.29, 1.82) is 0 Å². The van der Waals surface area contributed by atoms with Crippen LogP contribution in [-0.2, 0) is 4.79 Å². The van der Waals surface area contributed by atoms with Gasteiger partial charge in [0, 0.05) is 0 Å². The first-order valence-electron chi connectivity index (χ1n) is 5.55. The Morgan fingerprint density at radius 3 is 2.59 bits per heavy atom. The summed E-state index contributed by atoms with van der Waals surface area (Å²) in [4.78, 5) is 15.7. The van der Waals surface area contributed by atoms with E-state index in [9.17, 15) is 9.90 Å². The fourth-order valence-corrected chi connectivity index (χ4v) is 2.09. The molecule has 4 heteroatoms. The summed E-state index contributed by atoms with van der Waals surface area (Å²) in [5, 5.41) is 9.39. The van der Waals surface area contributed by atoms with E-state index in [1.54, 1.807) is 10.9 Å². The first kappa shape index (κ1) is 11.6. The topological polar surface area (TPSA) is 55.1 Å². The normalized spacial score (nSPS) is 13.8. The lowest BCUT2D eigenvalue weighted by Gasteiger charge is -2.28. The minimum atomic E-state index is -0.833. The number of hydrogen-bond donors (Lipinski definition) is 1. The smallest absolute Gasteiger partial charge is 0.327 e. The third kappa shape index (κ3) is 2.02. The fraction of sp³-hybridized carbons (Fsp3) is 0.385. The third-order valence-electron chi connectivity index (χ3n) is 2.81. The highest BCUT2D eigenvalue weighted by Gasteiger charge is 2.33. The molecule has 0 radical (unpaired) electrons. The van der Waals surface area contributed by atoms with Gasteiger partial charge in [-0.2, -0.15) is 0 Å². The lowest BCUT2D eigenvalue weighted by molar-refractivity contribution is -0.144. The number of carboxylic acids is 1. The number of hydrogen-bond acceptors (Lipinski definition) is 2. The molecule has 90 valence electrons. The van der Waals surface area contributed by atoms with Gasteiger partial charge in [-0.25, -0.2) is 9.78 Å². The number of carboxylic acid groups (broad SMARTS) is 1. The molecule has 0 amide bonds. The molecule has 0 fully saturated rings. The van der Waals surface area contributed by atoms with Gasteiger partial charge < -0.3 is 9.67 Å². The van der Waals surface area contributed by atoms with Gasteiger partial charge in [-0.05, 0) is 17.5 Å². The van der Waals surface area contributed by atoms with E-state index >= 15 is 0 Å². The van der Waals surface area contributed by atoms with E-state index in [1.165, 1.54) is 0 Å². The summed E-state index contributed by atoms with van der Waals surface area (Å²) in [6, 6.07) is 6.95. The van der Waals surface area contributed by atoms with E-state index in [4.69, 9.17) is 0 Å². The minimum absolute atomic E-state index is 0.366. The molecule has 4 nitrogen and oxygen atoms in total. The summed E-state index contributed by atoms with van der Waals surface area (Å²) in [6.07, 6.45) is 1.61. The second kappa shape index (κ2) is 3.87. The Kier molecular flexibility index (Phi) is 2.65. The summed E-state index contributed by atoms with van der Waals surface area (Å²) in [5.74, 6) is -0.833. The Hall–Kier alpha value is -1.84. The maximum absolute atomic E-state index is 11.4. The Balaban J connectivity index is 2.61. The quantitative estimate of drug-likeness (QED) is 0.866. The van der Waals surface area contributed by atoms with Crippen LogP contribution in [0.2, 0.25) is 0 Å². The van der Waals surface area contributed by atoms with Gasteiger partial charge in [-0.3, -0.25) is 0 Å². The molecule has 0 aliphatic rings. The van der Waals surface area contributed by atoms with Crippen molar-refractivity contribution in [3.63, 3.8) is 0 Å². The second-order valence-corrected chi connectivity index (χ2v) is 5.25. The van der Waals surface area contributed by atoms with Crippen LogP contribution < -0.4 is 0 Å². The van der Waals surface area contributed by atoms with Crippen molar-refractivity contribution in [2.45, 2.75) is 26.8 Å². The van der Waals surface area contributed by atoms with Crippen LogP contribution in [0.5, 0.6) is 0 Å². The highest BCUT2D eigenvalue weighted by atomic mass is 16.4. The van der Waals surface area contributed by atoms with Gasteiger partial charge in [0.05, 0.1) is 17.4 Å². The average molecular weight is 232 g/mol. The molecule has 1 aromatic carbocycles. The summed E-state index contributed by atoms with van der Waals surface area (Å²) in [7, 11) is 0. The summed E-state index contributed by atoms with van der Waals surface area (Å²) in [5.41, 5.74) is 1.31. The second-order valence-electron chi connectivity index (χ2n) is 5.25. The maximum atomic E-state index is 11.4. The van der Waals surface area contributed by atoms with Crippen molar-refractivity contribution < 1.29 is 9.90 Å². The fourth-order valence-electron chi connectivity index (χ4n) is 2.09. The molecule has 1 aromatic heterocycles. The van der Waals surface area contributed by atoms with Crippen LogP contribution in [0.25, 0.3) is 11.0 Å². The van der Waals surface area contributed by atoms with Gasteiger partial charge in [-0.1, -0.05) is 32.9 Å². The third-order valence-corrected chi connectivity index (χ3v) is 2.81. The molecule has 0 saturated heterocycles. The molecule has 0 aliphatic heterocycles. The highest BCUT2D eigenvalue weighted by Crippen LogP contribution is 2.32. The minimum Gasteiger partial charge on any atom is -0.480 e. The van der Waals surface area contributed by atoms with Gasteiger partial charge in [0.15, 0.2) is 0 Å². The van der Waals surface area contributed by atoms with Crippen molar-refractivity contribution in [2.24, 2.45) is 5.41 Å². The van der Waals surface area contributed by atoms with Gasteiger partial charge in [0.1, 0.15) is 6.04 Å². The van der Waals surface area contributed by atoms with Crippen molar-refractivity contribution in [2.75, 3.05) is 0 Å².